The largest absolute Gasteiger partial charge is 0.396 e. The highest BCUT2D eigenvalue weighted by Crippen LogP contribution is 2.25. The minimum atomic E-state index is -0.325. The van der Waals surface area contributed by atoms with Crippen molar-refractivity contribution in [1.29, 1.82) is 0 Å². The van der Waals surface area contributed by atoms with Crippen LogP contribution in [0.1, 0.15) is 12.0 Å². The van der Waals surface area contributed by atoms with E-state index < -0.39 is 0 Å². The normalized spacial score (nSPS) is 20.4. The highest BCUT2D eigenvalue weighted by molar-refractivity contribution is 5.49. The standard InChI is InChI=1S/C12H16FNO2/c13-11-3-10(8-16)4-12(5-11)14-2-1-9(6-14)7-15/h3-5,9,15-16H,1-2,6-8H2. The van der Waals surface area contributed by atoms with Crippen molar-refractivity contribution in [3.63, 3.8) is 0 Å². The van der Waals surface area contributed by atoms with Crippen LogP contribution in [0, 0.1) is 11.7 Å². The van der Waals surface area contributed by atoms with Crippen LogP contribution in [0.2, 0.25) is 0 Å². The molecule has 1 unspecified atom stereocenters. The predicted octanol–water partition coefficient (Wildman–Crippen LogP) is 1.14. The van der Waals surface area contributed by atoms with Crippen LogP contribution in [-0.2, 0) is 6.61 Å². The Labute approximate surface area is 94.1 Å². The molecule has 3 nitrogen and oxygen atoms in total. The molecule has 0 bridgehead atoms. The van der Waals surface area contributed by atoms with Gasteiger partial charge in [0.2, 0.25) is 0 Å². The Bertz CT molecular complexity index is 370. The van der Waals surface area contributed by atoms with Crippen LogP contribution in [0.15, 0.2) is 18.2 Å². The SMILES string of the molecule is OCc1cc(F)cc(N2CCC(CO)C2)c1. The lowest BCUT2D eigenvalue weighted by Gasteiger charge is -2.19. The minimum Gasteiger partial charge on any atom is -0.396 e. The van der Waals surface area contributed by atoms with Gasteiger partial charge < -0.3 is 15.1 Å². The average molecular weight is 225 g/mol. The molecular weight excluding hydrogens is 209 g/mol. The zero-order valence-corrected chi connectivity index (χ0v) is 9.06. The number of rotatable bonds is 3. The molecular formula is C12H16FNO2. The zero-order valence-electron chi connectivity index (χ0n) is 9.06. The lowest BCUT2D eigenvalue weighted by atomic mass is 10.1. The fourth-order valence-corrected chi connectivity index (χ4v) is 2.12. The number of anilines is 1. The second kappa shape index (κ2) is 4.80. The first kappa shape index (κ1) is 11.4. The molecule has 1 fully saturated rings. The van der Waals surface area contributed by atoms with Gasteiger partial charge >= 0.3 is 0 Å². The van der Waals surface area contributed by atoms with E-state index in [4.69, 9.17) is 10.2 Å². The third-order valence-corrected chi connectivity index (χ3v) is 3.03. The van der Waals surface area contributed by atoms with Crippen molar-refractivity contribution in [2.45, 2.75) is 13.0 Å². The van der Waals surface area contributed by atoms with Crippen LogP contribution in [-0.4, -0.2) is 29.9 Å². The second-order valence-electron chi connectivity index (χ2n) is 4.26. The number of aliphatic hydroxyl groups excluding tert-OH is 2. The van der Waals surface area contributed by atoms with Gasteiger partial charge in [-0.05, 0) is 30.2 Å². The summed E-state index contributed by atoms with van der Waals surface area (Å²) in [5.74, 6) is -0.0464. The Morgan fingerprint density at radius 2 is 2.12 bits per heavy atom. The maximum absolute atomic E-state index is 13.3. The van der Waals surface area contributed by atoms with Crippen molar-refractivity contribution >= 4 is 5.69 Å². The van der Waals surface area contributed by atoms with E-state index in [-0.39, 0.29) is 24.9 Å². The first-order valence-electron chi connectivity index (χ1n) is 5.49. The van der Waals surface area contributed by atoms with Gasteiger partial charge in [0.15, 0.2) is 0 Å². The van der Waals surface area contributed by atoms with Gasteiger partial charge in [0.25, 0.3) is 0 Å². The van der Waals surface area contributed by atoms with E-state index >= 15 is 0 Å². The van der Waals surface area contributed by atoms with Crippen LogP contribution in [0.4, 0.5) is 10.1 Å². The van der Waals surface area contributed by atoms with Crippen LogP contribution >= 0.6 is 0 Å². The van der Waals surface area contributed by atoms with Gasteiger partial charge in [0.05, 0.1) is 6.61 Å². The van der Waals surface area contributed by atoms with Crippen molar-refractivity contribution in [2.75, 3.05) is 24.6 Å². The number of halogens is 1. The van der Waals surface area contributed by atoms with E-state index in [0.29, 0.717) is 5.56 Å². The Balaban J connectivity index is 2.17. The number of hydrogen-bond acceptors (Lipinski definition) is 3. The van der Waals surface area contributed by atoms with Crippen LogP contribution in [0.3, 0.4) is 0 Å². The molecule has 16 heavy (non-hydrogen) atoms. The first-order chi connectivity index (χ1) is 7.72. The summed E-state index contributed by atoms with van der Waals surface area (Å²) in [5.41, 5.74) is 1.38. The topological polar surface area (TPSA) is 43.7 Å². The third kappa shape index (κ3) is 2.33. The summed E-state index contributed by atoms with van der Waals surface area (Å²) >= 11 is 0. The molecule has 0 spiro atoms. The molecule has 1 aliphatic heterocycles. The zero-order chi connectivity index (χ0) is 11.5. The minimum absolute atomic E-state index is 0.151. The molecule has 88 valence electrons. The Morgan fingerprint density at radius 1 is 1.31 bits per heavy atom. The van der Waals surface area contributed by atoms with Gasteiger partial charge in [-0.15, -0.1) is 0 Å². The highest BCUT2D eigenvalue weighted by Gasteiger charge is 2.22. The Kier molecular flexibility index (Phi) is 3.41. The van der Waals surface area contributed by atoms with Gasteiger partial charge in [0, 0.05) is 31.3 Å². The van der Waals surface area contributed by atoms with E-state index in [9.17, 15) is 4.39 Å². The molecule has 0 aliphatic carbocycles. The first-order valence-corrected chi connectivity index (χ1v) is 5.49. The number of aliphatic hydroxyl groups is 2. The molecule has 2 N–H and O–H groups in total. The van der Waals surface area contributed by atoms with Crippen molar-refractivity contribution in [3.8, 4) is 0 Å². The van der Waals surface area contributed by atoms with Crippen molar-refractivity contribution < 1.29 is 14.6 Å². The van der Waals surface area contributed by atoms with Crippen LogP contribution in [0.25, 0.3) is 0 Å². The van der Waals surface area contributed by atoms with Gasteiger partial charge in [-0.25, -0.2) is 4.39 Å². The molecule has 4 heteroatoms. The molecule has 0 saturated carbocycles. The van der Waals surface area contributed by atoms with Crippen molar-refractivity contribution in [1.82, 2.24) is 0 Å². The number of nitrogens with zero attached hydrogens (tertiary/aromatic N) is 1. The summed E-state index contributed by atoms with van der Waals surface area (Å²) < 4.78 is 13.3. The summed E-state index contributed by atoms with van der Waals surface area (Å²) in [6.07, 6.45) is 0.932. The van der Waals surface area contributed by atoms with Crippen molar-refractivity contribution in [3.05, 3.63) is 29.6 Å². The smallest absolute Gasteiger partial charge is 0.125 e. The Morgan fingerprint density at radius 3 is 2.75 bits per heavy atom. The maximum Gasteiger partial charge on any atom is 0.125 e. The van der Waals surface area contributed by atoms with E-state index in [1.54, 1.807) is 6.07 Å². The van der Waals surface area contributed by atoms with E-state index in [1.165, 1.54) is 12.1 Å². The molecule has 1 heterocycles. The number of benzene rings is 1. The van der Waals surface area contributed by atoms with E-state index in [2.05, 4.69) is 0 Å². The fraction of sp³-hybridized carbons (Fsp3) is 0.500. The molecule has 2 rings (SSSR count). The van der Waals surface area contributed by atoms with Gasteiger partial charge in [0.1, 0.15) is 5.82 Å². The van der Waals surface area contributed by atoms with Crippen LogP contribution < -0.4 is 4.90 Å². The molecule has 1 atom stereocenters. The third-order valence-electron chi connectivity index (χ3n) is 3.03. The summed E-state index contributed by atoms with van der Waals surface area (Å²) in [4.78, 5) is 2.04. The van der Waals surface area contributed by atoms with E-state index in [1.807, 2.05) is 4.90 Å². The Hall–Kier alpha value is -1.13. The molecule has 1 aromatic carbocycles. The molecule has 0 amide bonds. The monoisotopic (exact) mass is 225 g/mol. The summed E-state index contributed by atoms with van der Waals surface area (Å²) in [5, 5.41) is 18.0. The lowest BCUT2D eigenvalue weighted by molar-refractivity contribution is 0.238. The molecule has 0 radical (unpaired) electrons. The summed E-state index contributed by atoms with van der Waals surface area (Å²) in [6, 6.07) is 4.60. The fourth-order valence-electron chi connectivity index (χ4n) is 2.12. The summed E-state index contributed by atoms with van der Waals surface area (Å²) in [7, 11) is 0. The lowest BCUT2D eigenvalue weighted by Crippen LogP contribution is -2.20. The highest BCUT2D eigenvalue weighted by atomic mass is 19.1. The summed E-state index contributed by atoms with van der Waals surface area (Å²) in [6.45, 7) is 1.62. The van der Waals surface area contributed by atoms with Gasteiger partial charge in [-0.1, -0.05) is 0 Å². The van der Waals surface area contributed by atoms with Gasteiger partial charge in [-0.2, -0.15) is 0 Å². The van der Waals surface area contributed by atoms with Crippen LogP contribution in [0.5, 0.6) is 0 Å². The molecule has 1 aromatic rings. The quantitative estimate of drug-likeness (QED) is 0.810. The molecule has 1 aliphatic rings. The predicted molar refractivity (Wildman–Crippen MR) is 59.7 cm³/mol. The van der Waals surface area contributed by atoms with Gasteiger partial charge in [-0.3, -0.25) is 0 Å². The van der Waals surface area contributed by atoms with E-state index in [0.717, 1.165) is 25.2 Å². The number of hydrogen-bond donors (Lipinski definition) is 2. The van der Waals surface area contributed by atoms with Crippen molar-refractivity contribution in [2.24, 2.45) is 5.92 Å². The molecule has 0 aromatic heterocycles. The maximum atomic E-state index is 13.3. The molecule has 1 saturated heterocycles. The average Bonchev–Trinajstić information content (AvgIpc) is 2.76. The second-order valence-corrected chi connectivity index (χ2v) is 4.26.